The van der Waals surface area contributed by atoms with Crippen molar-refractivity contribution in [3.8, 4) is 0 Å². The lowest BCUT2D eigenvalue weighted by Gasteiger charge is -2.59. The molecule has 1 aromatic heterocycles. The molecule has 0 aromatic carbocycles. The summed E-state index contributed by atoms with van der Waals surface area (Å²) in [6.45, 7) is 11.5. The first-order chi connectivity index (χ1) is 9.84. The van der Waals surface area contributed by atoms with Crippen molar-refractivity contribution in [2.75, 3.05) is 0 Å². The SMILES string of the molecule is C=C1C(NC(=O)c2nn(CC)cc2Cl)C[C@H]2C[C@@H]1C2(C)C. The molecule has 0 spiro atoms. The topological polar surface area (TPSA) is 46.9 Å². The summed E-state index contributed by atoms with van der Waals surface area (Å²) >= 11 is 6.09. The van der Waals surface area contributed by atoms with Crippen LogP contribution in [0.4, 0.5) is 0 Å². The molecule has 3 atom stereocenters. The van der Waals surface area contributed by atoms with E-state index in [1.165, 1.54) is 6.42 Å². The van der Waals surface area contributed by atoms with Crippen LogP contribution in [0.5, 0.6) is 0 Å². The second kappa shape index (κ2) is 4.87. The van der Waals surface area contributed by atoms with Crippen LogP contribution in [0.2, 0.25) is 5.02 Å². The number of halogens is 1. The second-order valence-electron chi connectivity index (χ2n) is 6.82. The molecule has 0 saturated heterocycles. The zero-order valence-corrected chi connectivity index (χ0v) is 13.6. The van der Waals surface area contributed by atoms with Crippen molar-refractivity contribution in [1.82, 2.24) is 15.1 Å². The van der Waals surface area contributed by atoms with E-state index in [1.54, 1.807) is 10.9 Å². The fourth-order valence-electron chi connectivity index (χ4n) is 3.82. The van der Waals surface area contributed by atoms with E-state index in [0.29, 0.717) is 34.5 Å². The van der Waals surface area contributed by atoms with Gasteiger partial charge in [0, 0.05) is 12.7 Å². The number of hydrogen-bond acceptors (Lipinski definition) is 2. The Morgan fingerprint density at radius 2 is 2.29 bits per heavy atom. The van der Waals surface area contributed by atoms with Gasteiger partial charge in [-0.05, 0) is 37.0 Å². The van der Waals surface area contributed by atoms with Crippen LogP contribution in [0, 0.1) is 17.3 Å². The van der Waals surface area contributed by atoms with Gasteiger partial charge in [0.1, 0.15) is 0 Å². The van der Waals surface area contributed by atoms with Crippen LogP contribution in [0.1, 0.15) is 44.1 Å². The Morgan fingerprint density at radius 3 is 2.81 bits per heavy atom. The van der Waals surface area contributed by atoms with E-state index in [1.807, 2.05) is 6.92 Å². The molecule has 1 aromatic rings. The molecular weight excluding hydrogens is 286 g/mol. The summed E-state index contributed by atoms with van der Waals surface area (Å²) in [4.78, 5) is 12.4. The summed E-state index contributed by atoms with van der Waals surface area (Å²) in [6, 6.07) is 0.0529. The third-order valence-electron chi connectivity index (χ3n) is 5.45. The maximum Gasteiger partial charge on any atom is 0.273 e. The molecule has 5 heteroatoms. The molecule has 1 unspecified atom stereocenters. The average Bonchev–Trinajstić information content (AvgIpc) is 2.81. The Kier molecular flexibility index (Phi) is 3.40. The quantitative estimate of drug-likeness (QED) is 0.871. The molecule has 4 nitrogen and oxygen atoms in total. The van der Waals surface area contributed by atoms with Crippen molar-refractivity contribution in [3.05, 3.63) is 29.1 Å². The maximum atomic E-state index is 12.4. The standard InChI is InChI=1S/C16H22ClN3O/c1-5-20-8-12(17)14(19-20)15(21)18-13-7-10-6-11(9(13)2)16(10,3)4/h8,10-11,13H,2,5-7H2,1,3-4H3,(H,18,21)/t10-,11+,13?/m1/s1. The number of carbonyl (C=O) groups is 1. The monoisotopic (exact) mass is 307 g/mol. The van der Waals surface area contributed by atoms with E-state index in [9.17, 15) is 4.79 Å². The van der Waals surface area contributed by atoms with Gasteiger partial charge in [-0.15, -0.1) is 0 Å². The van der Waals surface area contributed by atoms with E-state index >= 15 is 0 Å². The number of hydrogen-bond donors (Lipinski definition) is 1. The molecule has 4 rings (SSSR count). The third-order valence-corrected chi connectivity index (χ3v) is 5.72. The number of rotatable bonds is 3. The highest BCUT2D eigenvalue weighted by Gasteiger charge is 2.54. The molecule has 1 heterocycles. The first kappa shape index (κ1) is 14.6. The molecule has 0 radical (unpaired) electrons. The summed E-state index contributed by atoms with van der Waals surface area (Å²) in [5.74, 6) is 0.990. The lowest BCUT2D eigenvalue weighted by atomic mass is 9.46. The van der Waals surface area contributed by atoms with Gasteiger partial charge in [-0.25, -0.2) is 0 Å². The molecule has 1 amide bonds. The molecule has 3 fully saturated rings. The van der Waals surface area contributed by atoms with E-state index in [2.05, 4.69) is 30.8 Å². The number of nitrogens with one attached hydrogen (secondary N) is 1. The van der Waals surface area contributed by atoms with Gasteiger partial charge >= 0.3 is 0 Å². The van der Waals surface area contributed by atoms with Crippen LogP contribution in [-0.2, 0) is 6.54 Å². The Labute approximate surface area is 130 Å². The van der Waals surface area contributed by atoms with Gasteiger partial charge in [0.05, 0.1) is 11.1 Å². The highest BCUT2D eigenvalue weighted by molar-refractivity contribution is 6.33. The number of amides is 1. The van der Waals surface area contributed by atoms with E-state index in [4.69, 9.17) is 11.6 Å². The van der Waals surface area contributed by atoms with Gasteiger partial charge in [0.25, 0.3) is 5.91 Å². The Balaban J connectivity index is 1.71. The number of aryl methyl sites for hydroxylation is 1. The summed E-state index contributed by atoms with van der Waals surface area (Å²) < 4.78 is 1.67. The Morgan fingerprint density at radius 1 is 1.57 bits per heavy atom. The molecule has 0 aliphatic heterocycles. The zero-order chi connectivity index (χ0) is 15.4. The van der Waals surface area contributed by atoms with Crippen molar-refractivity contribution in [2.24, 2.45) is 17.3 Å². The third kappa shape index (κ3) is 2.20. The van der Waals surface area contributed by atoms with Gasteiger partial charge in [-0.2, -0.15) is 5.10 Å². The summed E-state index contributed by atoms with van der Waals surface area (Å²) in [7, 11) is 0. The molecule has 3 saturated carbocycles. The summed E-state index contributed by atoms with van der Waals surface area (Å²) in [5, 5.41) is 7.69. The van der Waals surface area contributed by atoms with Crippen molar-refractivity contribution in [2.45, 2.75) is 46.2 Å². The van der Waals surface area contributed by atoms with Gasteiger partial charge in [0.15, 0.2) is 5.69 Å². The largest absolute Gasteiger partial charge is 0.344 e. The number of carbonyl (C=O) groups excluding carboxylic acids is 1. The number of nitrogens with zero attached hydrogens (tertiary/aromatic N) is 2. The van der Waals surface area contributed by atoms with Gasteiger partial charge < -0.3 is 5.32 Å². The zero-order valence-electron chi connectivity index (χ0n) is 12.8. The molecule has 3 aliphatic carbocycles. The van der Waals surface area contributed by atoms with Gasteiger partial charge in [-0.3, -0.25) is 9.48 Å². The van der Waals surface area contributed by atoms with Crippen LogP contribution in [0.25, 0.3) is 0 Å². The number of aromatic nitrogens is 2. The molecule has 21 heavy (non-hydrogen) atoms. The molecule has 114 valence electrons. The molecule has 1 N–H and O–H groups in total. The van der Waals surface area contributed by atoms with Crippen LogP contribution >= 0.6 is 11.6 Å². The smallest absolute Gasteiger partial charge is 0.273 e. The fraction of sp³-hybridized carbons (Fsp3) is 0.625. The predicted octanol–water partition coefficient (Wildman–Crippen LogP) is 3.28. The van der Waals surface area contributed by atoms with Crippen molar-refractivity contribution >= 4 is 17.5 Å². The number of fused-ring (bicyclic) bond motifs is 2. The minimum Gasteiger partial charge on any atom is -0.344 e. The molecule has 2 bridgehead atoms. The van der Waals surface area contributed by atoms with Crippen molar-refractivity contribution < 1.29 is 4.79 Å². The normalized spacial score (nSPS) is 29.9. The highest BCUT2D eigenvalue weighted by atomic mass is 35.5. The lowest BCUT2D eigenvalue weighted by molar-refractivity contribution is -0.0375. The van der Waals surface area contributed by atoms with Crippen LogP contribution < -0.4 is 5.32 Å². The van der Waals surface area contributed by atoms with Crippen LogP contribution in [-0.4, -0.2) is 21.7 Å². The highest BCUT2D eigenvalue weighted by Crippen LogP contribution is 2.60. The van der Waals surface area contributed by atoms with Gasteiger partial charge in [-0.1, -0.05) is 37.6 Å². The van der Waals surface area contributed by atoms with Crippen molar-refractivity contribution in [1.29, 1.82) is 0 Å². The predicted molar refractivity (Wildman–Crippen MR) is 83.3 cm³/mol. The van der Waals surface area contributed by atoms with E-state index < -0.39 is 0 Å². The first-order valence-corrected chi connectivity index (χ1v) is 7.94. The first-order valence-electron chi connectivity index (χ1n) is 7.57. The molecular formula is C16H22ClN3O. The lowest BCUT2D eigenvalue weighted by Crippen LogP contribution is -2.57. The average molecular weight is 308 g/mol. The summed E-state index contributed by atoms with van der Waals surface area (Å²) in [6.07, 6.45) is 3.87. The maximum absolute atomic E-state index is 12.4. The molecule has 3 aliphatic rings. The van der Waals surface area contributed by atoms with Crippen molar-refractivity contribution in [3.63, 3.8) is 0 Å². The Bertz CT molecular complexity index is 605. The minimum atomic E-state index is -0.197. The minimum absolute atomic E-state index is 0.0529. The summed E-state index contributed by atoms with van der Waals surface area (Å²) in [5.41, 5.74) is 1.80. The van der Waals surface area contributed by atoms with Crippen LogP contribution in [0.3, 0.4) is 0 Å². The Hall–Kier alpha value is -1.29. The van der Waals surface area contributed by atoms with Gasteiger partial charge in [0.2, 0.25) is 0 Å². The van der Waals surface area contributed by atoms with E-state index in [0.717, 1.165) is 12.0 Å². The van der Waals surface area contributed by atoms with Crippen LogP contribution in [0.15, 0.2) is 18.3 Å². The fourth-order valence-corrected chi connectivity index (χ4v) is 4.05. The van der Waals surface area contributed by atoms with E-state index in [-0.39, 0.29) is 11.9 Å². The second-order valence-corrected chi connectivity index (χ2v) is 7.23.